The zero-order valence-electron chi connectivity index (χ0n) is 21.2. The number of nitrogens with zero attached hydrogens (tertiary/aromatic N) is 3. The van der Waals surface area contributed by atoms with Crippen molar-refractivity contribution in [3.8, 4) is 0 Å². The summed E-state index contributed by atoms with van der Waals surface area (Å²) in [4.78, 5) is 49.2. The Morgan fingerprint density at radius 3 is 2.58 bits per heavy atom. The Balaban J connectivity index is 1.67. The van der Waals surface area contributed by atoms with E-state index in [9.17, 15) is 19.5 Å². The predicted octanol–water partition coefficient (Wildman–Crippen LogP) is 3.31. The van der Waals surface area contributed by atoms with Gasteiger partial charge < -0.3 is 26.0 Å². The monoisotopic (exact) mass is 495 g/mol. The molecule has 0 bridgehead atoms. The second-order valence-electron chi connectivity index (χ2n) is 9.69. The average molecular weight is 496 g/mol. The smallest absolute Gasteiger partial charge is 0.407 e. The molecular weight excluding hydrogens is 462 g/mol. The van der Waals surface area contributed by atoms with Gasteiger partial charge in [-0.3, -0.25) is 14.5 Å². The molecule has 1 aromatic carbocycles. The summed E-state index contributed by atoms with van der Waals surface area (Å²) in [5.74, 6) is 0.374. The molecule has 3 rings (SSSR count). The number of aromatic nitrogens is 3. The van der Waals surface area contributed by atoms with Crippen LogP contribution in [0.3, 0.4) is 0 Å². The van der Waals surface area contributed by atoms with Crippen molar-refractivity contribution >= 4 is 40.4 Å². The second kappa shape index (κ2) is 11.1. The Labute approximate surface area is 209 Å². The van der Waals surface area contributed by atoms with Gasteiger partial charge in [0.25, 0.3) is 5.56 Å². The molecule has 0 radical (unpaired) electrons. The molecule has 2 aromatic heterocycles. The zero-order valence-corrected chi connectivity index (χ0v) is 21.2. The Bertz CT molecular complexity index is 1300. The van der Waals surface area contributed by atoms with Crippen molar-refractivity contribution in [2.75, 3.05) is 30.8 Å². The molecule has 0 aliphatic carbocycles. The molecule has 11 heteroatoms. The number of aromatic amines is 1. The summed E-state index contributed by atoms with van der Waals surface area (Å²) in [6.45, 7) is 8.24. The van der Waals surface area contributed by atoms with Crippen molar-refractivity contribution in [1.82, 2.24) is 25.2 Å². The van der Waals surface area contributed by atoms with Crippen LogP contribution >= 0.6 is 0 Å². The highest BCUT2D eigenvalue weighted by atomic mass is 16.4. The van der Waals surface area contributed by atoms with Gasteiger partial charge in [0.15, 0.2) is 0 Å². The number of carbonyl (C=O) groups is 2. The molecule has 1 unspecified atom stereocenters. The standard InChI is InChI=1S/C25H33N7O4/c1-15-8-6-9-16(14-15)29-20-18-17(10-13-27-21(18)33)30-23(31-20)28-12-7-11-26-22(34)19(25(2,3)4)32(5)24(35)36/h6,8-10,13-14,19H,7,11-12H2,1-5H3,(H,26,34)(H,27,33)(H,35,36)(H2,28,29,30,31). The molecule has 2 heterocycles. The quantitative estimate of drug-likeness (QED) is 0.284. The van der Waals surface area contributed by atoms with Crippen molar-refractivity contribution in [1.29, 1.82) is 0 Å². The fourth-order valence-electron chi connectivity index (χ4n) is 3.98. The minimum absolute atomic E-state index is 0.295. The lowest BCUT2D eigenvalue weighted by molar-refractivity contribution is -0.128. The van der Waals surface area contributed by atoms with Gasteiger partial charge in [-0.1, -0.05) is 32.9 Å². The molecule has 2 amide bonds. The van der Waals surface area contributed by atoms with Gasteiger partial charge >= 0.3 is 6.09 Å². The highest BCUT2D eigenvalue weighted by Gasteiger charge is 2.36. The van der Waals surface area contributed by atoms with E-state index in [4.69, 9.17) is 0 Å². The van der Waals surface area contributed by atoms with Crippen molar-refractivity contribution in [2.24, 2.45) is 5.41 Å². The van der Waals surface area contributed by atoms with Crippen LogP contribution in [0.25, 0.3) is 10.9 Å². The van der Waals surface area contributed by atoms with Crippen molar-refractivity contribution < 1.29 is 14.7 Å². The fraction of sp³-hybridized carbons (Fsp3) is 0.400. The van der Waals surface area contributed by atoms with E-state index in [1.165, 1.54) is 13.2 Å². The number of anilines is 3. The maximum atomic E-state index is 12.7. The minimum atomic E-state index is -1.16. The predicted molar refractivity (Wildman–Crippen MR) is 140 cm³/mol. The van der Waals surface area contributed by atoms with Gasteiger partial charge in [-0.25, -0.2) is 9.78 Å². The highest BCUT2D eigenvalue weighted by Crippen LogP contribution is 2.24. The number of hydrogen-bond donors (Lipinski definition) is 5. The lowest BCUT2D eigenvalue weighted by Gasteiger charge is -2.35. The maximum Gasteiger partial charge on any atom is 0.407 e. The number of aryl methyl sites for hydroxylation is 1. The third-order valence-electron chi connectivity index (χ3n) is 5.59. The molecule has 36 heavy (non-hydrogen) atoms. The van der Waals surface area contributed by atoms with Crippen LogP contribution in [0.5, 0.6) is 0 Å². The maximum absolute atomic E-state index is 12.7. The number of rotatable bonds is 9. The largest absolute Gasteiger partial charge is 0.465 e. The molecule has 0 fully saturated rings. The third-order valence-corrected chi connectivity index (χ3v) is 5.59. The van der Waals surface area contributed by atoms with E-state index < -0.39 is 17.6 Å². The zero-order chi connectivity index (χ0) is 26.5. The van der Waals surface area contributed by atoms with Crippen LogP contribution in [0.4, 0.5) is 22.2 Å². The number of hydrogen-bond acceptors (Lipinski definition) is 7. The van der Waals surface area contributed by atoms with Gasteiger partial charge in [-0.05, 0) is 42.5 Å². The number of fused-ring (bicyclic) bond motifs is 1. The first-order valence-electron chi connectivity index (χ1n) is 11.7. The summed E-state index contributed by atoms with van der Waals surface area (Å²) in [5.41, 5.74) is 1.50. The van der Waals surface area contributed by atoms with Crippen molar-refractivity contribution in [3.05, 3.63) is 52.4 Å². The molecule has 0 aliphatic heterocycles. The molecule has 5 N–H and O–H groups in total. The van der Waals surface area contributed by atoms with Crippen LogP contribution in [0, 0.1) is 12.3 Å². The topological polar surface area (TPSA) is 152 Å². The SMILES string of the molecule is Cc1cccc(Nc2nc(NCCCNC(=O)C(N(C)C(=O)O)C(C)(C)C)nc3cc[nH]c(=O)c23)c1. The van der Waals surface area contributed by atoms with Crippen LogP contribution < -0.4 is 21.5 Å². The van der Waals surface area contributed by atoms with Crippen LogP contribution in [-0.4, -0.2) is 63.1 Å². The molecule has 0 saturated carbocycles. The molecular formula is C25H33N7O4. The molecule has 0 aliphatic rings. The Morgan fingerprint density at radius 2 is 1.92 bits per heavy atom. The van der Waals surface area contributed by atoms with Crippen LogP contribution in [-0.2, 0) is 4.79 Å². The van der Waals surface area contributed by atoms with E-state index >= 15 is 0 Å². The number of benzene rings is 1. The van der Waals surface area contributed by atoms with E-state index in [1.54, 1.807) is 6.07 Å². The van der Waals surface area contributed by atoms with Gasteiger partial charge in [0.05, 0.1) is 5.52 Å². The minimum Gasteiger partial charge on any atom is -0.465 e. The van der Waals surface area contributed by atoms with Gasteiger partial charge in [0.2, 0.25) is 11.9 Å². The molecule has 1 atom stereocenters. The molecule has 3 aromatic rings. The fourth-order valence-corrected chi connectivity index (χ4v) is 3.98. The number of pyridine rings is 1. The lowest BCUT2D eigenvalue weighted by Crippen LogP contribution is -2.54. The number of likely N-dealkylation sites (N-methyl/N-ethyl adjacent to an activating group) is 1. The van der Waals surface area contributed by atoms with E-state index in [0.717, 1.165) is 16.2 Å². The summed E-state index contributed by atoms with van der Waals surface area (Å²) in [7, 11) is 1.39. The van der Waals surface area contributed by atoms with Gasteiger partial charge in [-0.2, -0.15) is 4.98 Å². The molecule has 11 nitrogen and oxygen atoms in total. The first-order valence-corrected chi connectivity index (χ1v) is 11.7. The van der Waals surface area contributed by atoms with Crippen LogP contribution in [0.2, 0.25) is 0 Å². The average Bonchev–Trinajstić information content (AvgIpc) is 2.78. The van der Waals surface area contributed by atoms with Crippen molar-refractivity contribution in [2.45, 2.75) is 40.2 Å². The summed E-state index contributed by atoms with van der Waals surface area (Å²) in [6, 6.07) is 8.62. The summed E-state index contributed by atoms with van der Waals surface area (Å²) in [6.07, 6.45) is 0.929. The van der Waals surface area contributed by atoms with E-state index in [2.05, 4.69) is 30.9 Å². The van der Waals surface area contributed by atoms with E-state index in [0.29, 0.717) is 42.2 Å². The lowest BCUT2D eigenvalue weighted by atomic mass is 9.85. The Morgan fingerprint density at radius 1 is 1.17 bits per heavy atom. The number of amides is 2. The van der Waals surface area contributed by atoms with Gasteiger partial charge in [0, 0.05) is 32.0 Å². The number of carboxylic acid groups (broad SMARTS) is 1. The summed E-state index contributed by atoms with van der Waals surface area (Å²) in [5, 5.41) is 18.8. The first-order chi connectivity index (χ1) is 17.0. The van der Waals surface area contributed by atoms with Crippen LogP contribution in [0.1, 0.15) is 32.8 Å². The molecule has 0 saturated heterocycles. The Hall–Kier alpha value is -4.15. The van der Waals surface area contributed by atoms with Crippen LogP contribution in [0.15, 0.2) is 41.3 Å². The highest BCUT2D eigenvalue weighted by molar-refractivity contribution is 5.91. The summed E-state index contributed by atoms with van der Waals surface area (Å²) >= 11 is 0. The van der Waals surface area contributed by atoms with E-state index in [1.807, 2.05) is 52.0 Å². The Kier molecular flexibility index (Phi) is 8.13. The second-order valence-corrected chi connectivity index (χ2v) is 9.69. The molecule has 192 valence electrons. The third kappa shape index (κ3) is 6.49. The number of H-pyrrole nitrogens is 1. The van der Waals surface area contributed by atoms with Crippen molar-refractivity contribution in [3.63, 3.8) is 0 Å². The van der Waals surface area contributed by atoms with E-state index in [-0.39, 0.29) is 11.5 Å². The number of carbonyl (C=O) groups excluding carboxylic acids is 1. The van der Waals surface area contributed by atoms with Gasteiger partial charge in [0.1, 0.15) is 17.2 Å². The normalized spacial score (nSPS) is 12.1. The summed E-state index contributed by atoms with van der Waals surface area (Å²) < 4.78 is 0. The number of nitrogens with one attached hydrogen (secondary N) is 4. The first kappa shape index (κ1) is 26.5. The van der Waals surface area contributed by atoms with Gasteiger partial charge in [-0.15, -0.1) is 0 Å². The molecule has 0 spiro atoms.